The molecule has 0 unspecified atom stereocenters. The number of anilines is 1. The van der Waals surface area contributed by atoms with E-state index in [1.165, 1.54) is 15.8 Å². The summed E-state index contributed by atoms with van der Waals surface area (Å²) < 4.78 is 0. The Kier molecular flexibility index (Phi) is 6.23. The third-order valence-electron chi connectivity index (χ3n) is 5.87. The maximum Gasteiger partial charge on any atom is 0.226 e. The summed E-state index contributed by atoms with van der Waals surface area (Å²) in [6.07, 6.45) is 3.49. The van der Waals surface area contributed by atoms with Crippen LogP contribution in [0.5, 0.6) is 0 Å². The highest BCUT2D eigenvalue weighted by Crippen LogP contribution is 2.35. The second-order valence-corrected chi connectivity index (χ2v) is 8.71. The standard InChI is InChI=1S/C19H27N5OS.ClH/c1-12-10-20-6-9-24(12)19(25)15-4-7-23(8-5-15)17-16-13(2)14(3)26-18(16)22-11-21-17;/h11-12,15,20H,4-10H2,1-3H3;1H/t12-;/m1./s1. The third-order valence-corrected chi connectivity index (χ3v) is 6.99. The van der Waals surface area contributed by atoms with Crippen molar-refractivity contribution in [2.45, 2.75) is 39.7 Å². The van der Waals surface area contributed by atoms with E-state index in [2.05, 4.69) is 45.9 Å². The fourth-order valence-corrected chi connectivity index (χ4v) is 5.14. The highest BCUT2D eigenvalue weighted by molar-refractivity contribution is 7.18. The molecule has 2 saturated heterocycles. The summed E-state index contributed by atoms with van der Waals surface area (Å²) in [4.78, 5) is 28.8. The van der Waals surface area contributed by atoms with Crippen LogP contribution in [0.2, 0.25) is 0 Å². The first-order chi connectivity index (χ1) is 12.6. The van der Waals surface area contributed by atoms with Gasteiger partial charge in [-0.15, -0.1) is 23.7 Å². The number of thiophene rings is 1. The van der Waals surface area contributed by atoms with Crippen molar-refractivity contribution in [2.75, 3.05) is 37.6 Å². The number of piperazine rings is 1. The summed E-state index contributed by atoms with van der Waals surface area (Å²) in [5.41, 5.74) is 1.29. The number of nitrogens with one attached hydrogen (secondary N) is 1. The number of aromatic nitrogens is 2. The predicted molar refractivity (Wildman–Crippen MR) is 113 cm³/mol. The van der Waals surface area contributed by atoms with Gasteiger partial charge in [-0.2, -0.15) is 0 Å². The van der Waals surface area contributed by atoms with Gasteiger partial charge in [0.1, 0.15) is 17.0 Å². The number of halogens is 1. The molecular weight excluding hydrogens is 382 g/mol. The molecule has 1 N–H and O–H groups in total. The van der Waals surface area contributed by atoms with Gasteiger partial charge >= 0.3 is 0 Å². The van der Waals surface area contributed by atoms with E-state index in [-0.39, 0.29) is 18.3 Å². The lowest BCUT2D eigenvalue weighted by Crippen LogP contribution is -2.54. The number of nitrogens with zero attached hydrogens (tertiary/aromatic N) is 4. The molecule has 2 fully saturated rings. The number of rotatable bonds is 2. The first-order valence-electron chi connectivity index (χ1n) is 9.53. The van der Waals surface area contributed by atoms with Gasteiger partial charge in [0, 0.05) is 49.6 Å². The van der Waals surface area contributed by atoms with E-state index in [1.54, 1.807) is 17.7 Å². The van der Waals surface area contributed by atoms with Crippen molar-refractivity contribution in [2.24, 2.45) is 5.92 Å². The lowest BCUT2D eigenvalue weighted by molar-refractivity contribution is -0.139. The van der Waals surface area contributed by atoms with E-state index in [9.17, 15) is 4.79 Å². The molecule has 0 aliphatic carbocycles. The number of carbonyl (C=O) groups excluding carboxylic acids is 1. The van der Waals surface area contributed by atoms with Crippen molar-refractivity contribution in [1.82, 2.24) is 20.2 Å². The zero-order chi connectivity index (χ0) is 18.3. The molecule has 2 aromatic rings. The molecule has 2 aliphatic heterocycles. The van der Waals surface area contributed by atoms with E-state index in [4.69, 9.17) is 0 Å². The lowest BCUT2D eigenvalue weighted by Gasteiger charge is -2.39. The Morgan fingerprint density at radius 1 is 1.22 bits per heavy atom. The number of aryl methyl sites for hydroxylation is 2. The van der Waals surface area contributed by atoms with Crippen LogP contribution in [0.3, 0.4) is 0 Å². The second kappa shape index (κ2) is 8.29. The average molecular weight is 410 g/mol. The quantitative estimate of drug-likeness (QED) is 0.826. The summed E-state index contributed by atoms with van der Waals surface area (Å²) in [5.74, 6) is 1.53. The van der Waals surface area contributed by atoms with E-state index in [1.807, 2.05) is 0 Å². The van der Waals surface area contributed by atoms with Crippen LogP contribution >= 0.6 is 23.7 Å². The molecule has 2 aliphatic rings. The molecule has 1 atom stereocenters. The fourth-order valence-electron chi connectivity index (χ4n) is 4.14. The van der Waals surface area contributed by atoms with Crippen molar-refractivity contribution >= 4 is 45.7 Å². The Morgan fingerprint density at radius 2 is 1.96 bits per heavy atom. The van der Waals surface area contributed by atoms with Crippen molar-refractivity contribution in [1.29, 1.82) is 0 Å². The Hall–Kier alpha value is -1.44. The van der Waals surface area contributed by atoms with Gasteiger partial charge in [-0.1, -0.05) is 0 Å². The lowest BCUT2D eigenvalue weighted by atomic mass is 9.94. The van der Waals surface area contributed by atoms with E-state index >= 15 is 0 Å². The maximum atomic E-state index is 12.9. The summed E-state index contributed by atoms with van der Waals surface area (Å²) >= 11 is 1.74. The third kappa shape index (κ3) is 3.77. The molecule has 4 heterocycles. The molecule has 2 aromatic heterocycles. The Balaban J connectivity index is 0.00000210. The van der Waals surface area contributed by atoms with Gasteiger partial charge in [0.25, 0.3) is 0 Å². The monoisotopic (exact) mass is 409 g/mol. The first kappa shape index (κ1) is 20.3. The summed E-state index contributed by atoms with van der Waals surface area (Å²) in [6.45, 7) is 10.9. The van der Waals surface area contributed by atoms with Crippen LogP contribution in [-0.2, 0) is 4.79 Å². The molecule has 27 heavy (non-hydrogen) atoms. The first-order valence-corrected chi connectivity index (χ1v) is 10.3. The highest BCUT2D eigenvalue weighted by Gasteiger charge is 2.32. The average Bonchev–Trinajstić information content (AvgIpc) is 2.96. The normalized spacial score (nSPS) is 21.4. The summed E-state index contributed by atoms with van der Waals surface area (Å²) in [5, 5.41) is 4.55. The van der Waals surface area contributed by atoms with Crippen LogP contribution in [-0.4, -0.2) is 59.5 Å². The van der Waals surface area contributed by atoms with Gasteiger partial charge in [0.15, 0.2) is 0 Å². The smallest absolute Gasteiger partial charge is 0.226 e. The number of fused-ring (bicyclic) bond motifs is 1. The molecule has 0 saturated carbocycles. The minimum Gasteiger partial charge on any atom is -0.356 e. The molecule has 8 heteroatoms. The largest absolute Gasteiger partial charge is 0.356 e. The number of hydrogen-bond donors (Lipinski definition) is 1. The van der Waals surface area contributed by atoms with Crippen molar-refractivity contribution < 1.29 is 4.79 Å². The molecule has 6 nitrogen and oxygen atoms in total. The summed E-state index contributed by atoms with van der Waals surface area (Å²) in [7, 11) is 0. The summed E-state index contributed by atoms with van der Waals surface area (Å²) in [6, 6.07) is 0.298. The minimum absolute atomic E-state index is 0. The van der Waals surface area contributed by atoms with Crippen LogP contribution in [0, 0.1) is 19.8 Å². The number of carbonyl (C=O) groups is 1. The van der Waals surface area contributed by atoms with Crippen molar-refractivity contribution in [3.8, 4) is 0 Å². The zero-order valence-corrected chi connectivity index (χ0v) is 17.8. The van der Waals surface area contributed by atoms with E-state index < -0.39 is 0 Å². The van der Waals surface area contributed by atoms with E-state index in [0.29, 0.717) is 11.9 Å². The van der Waals surface area contributed by atoms with Gasteiger partial charge in [-0.25, -0.2) is 9.97 Å². The molecule has 1 amide bonds. The van der Waals surface area contributed by atoms with Gasteiger partial charge < -0.3 is 15.1 Å². The zero-order valence-electron chi connectivity index (χ0n) is 16.2. The van der Waals surface area contributed by atoms with Crippen molar-refractivity contribution in [3.63, 3.8) is 0 Å². The molecule has 0 bridgehead atoms. The molecular formula is C19H28ClN5OS. The molecule has 0 spiro atoms. The Bertz CT molecular complexity index is 818. The van der Waals surface area contributed by atoms with E-state index in [0.717, 1.165) is 56.2 Å². The van der Waals surface area contributed by atoms with Gasteiger partial charge in [0.2, 0.25) is 5.91 Å². The van der Waals surface area contributed by atoms with Gasteiger partial charge in [-0.05, 0) is 39.2 Å². The SMILES string of the molecule is Cc1sc2ncnc(N3CCC(C(=O)N4CCNC[C@H]4C)CC3)c2c1C.Cl. The van der Waals surface area contributed by atoms with Gasteiger partial charge in [0.05, 0.1) is 5.39 Å². The van der Waals surface area contributed by atoms with Crippen LogP contribution in [0.1, 0.15) is 30.2 Å². The van der Waals surface area contributed by atoms with Crippen LogP contribution in [0.4, 0.5) is 5.82 Å². The van der Waals surface area contributed by atoms with Crippen molar-refractivity contribution in [3.05, 3.63) is 16.8 Å². The van der Waals surface area contributed by atoms with Gasteiger partial charge in [-0.3, -0.25) is 4.79 Å². The van der Waals surface area contributed by atoms with Crippen LogP contribution < -0.4 is 10.2 Å². The molecule has 0 radical (unpaired) electrons. The molecule has 4 rings (SSSR count). The minimum atomic E-state index is 0. The maximum absolute atomic E-state index is 12.9. The number of hydrogen-bond acceptors (Lipinski definition) is 6. The van der Waals surface area contributed by atoms with Crippen LogP contribution in [0.15, 0.2) is 6.33 Å². The Morgan fingerprint density at radius 3 is 2.67 bits per heavy atom. The Labute approximate surface area is 170 Å². The van der Waals surface area contributed by atoms with Crippen LogP contribution in [0.25, 0.3) is 10.2 Å². The molecule has 0 aromatic carbocycles. The predicted octanol–water partition coefficient (Wildman–Crippen LogP) is 2.77. The highest BCUT2D eigenvalue weighted by atomic mass is 35.5. The molecule has 148 valence electrons. The number of piperidine rings is 1. The second-order valence-electron chi connectivity index (χ2n) is 7.51. The number of amides is 1. The topological polar surface area (TPSA) is 61.4 Å². The fraction of sp³-hybridized carbons (Fsp3) is 0.632.